The van der Waals surface area contributed by atoms with Crippen molar-refractivity contribution in [1.82, 2.24) is 0 Å². The Morgan fingerprint density at radius 3 is 2.15 bits per heavy atom. The topological polar surface area (TPSA) is 51.2 Å². The highest BCUT2D eigenvalue weighted by molar-refractivity contribution is 6.01. The summed E-state index contributed by atoms with van der Waals surface area (Å²) in [5.41, 5.74) is 6.01. The normalized spacial score (nSPS) is 17.0. The van der Waals surface area contributed by atoms with Gasteiger partial charge in [0, 0.05) is 17.9 Å². The van der Waals surface area contributed by atoms with Gasteiger partial charge in [0.05, 0.1) is 6.42 Å². The molecule has 3 atom stereocenters. The summed E-state index contributed by atoms with van der Waals surface area (Å²) in [5, 5.41) is 0. The second-order valence-corrected chi connectivity index (χ2v) is 10.7. The van der Waals surface area contributed by atoms with E-state index in [4.69, 9.17) is 0 Å². The highest BCUT2D eigenvalue weighted by Crippen LogP contribution is 2.40. The summed E-state index contributed by atoms with van der Waals surface area (Å²) >= 11 is 0. The van der Waals surface area contributed by atoms with E-state index in [2.05, 4.69) is 61.5 Å². The monoisotopic (exact) mass is 470 g/mol. The maximum atomic E-state index is 13.3. The van der Waals surface area contributed by atoms with Crippen LogP contribution in [0.2, 0.25) is 0 Å². The van der Waals surface area contributed by atoms with E-state index < -0.39 is 0 Å². The maximum absolute atomic E-state index is 13.3. The van der Waals surface area contributed by atoms with Crippen LogP contribution in [0.1, 0.15) is 139 Å². The quantitative estimate of drug-likeness (QED) is 0.306. The minimum atomic E-state index is -0.0749. The molecule has 2 rings (SSSR count). The standard InChI is InChI=1S/C28H42O3.C3H8/c1-8-11-22(23(10-3)26(30)12-18(6)29)13-20-14-25-24(17(4)5)16-21(9-2)19(7)28(25)27(31)15-20;1-3-2/h16-17,20,22-23H,8-15H2,1-7H3;3H2,1-2H3. The molecule has 0 N–H and O–H groups in total. The summed E-state index contributed by atoms with van der Waals surface area (Å²) in [6.45, 7) is 18.6. The lowest BCUT2D eigenvalue weighted by molar-refractivity contribution is -0.129. The van der Waals surface area contributed by atoms with Crippen LogP contribution in [0.25, 0.3) is 0 Å². The van der Waals surface area contributed by atoms with Gasteiger partial charge in [-0.05, 0) is 79.5 Å². The molecule has 0 spiro atoms. The number of aryl methyl sites for hydroxylation is 1. The van der Waals surface area contributed by atoms with E-state index in [1.54, 1.807) is 0 Å². The Morgan fingerprint density at radius 2 is 1.68 bits per heavy atom. The number of fused-ring (bicyclic) bond motifs is 1. The Kier molecular flexibility index (Phi) is 13.0. The summed E-state index contributed by atoms with van der Waals surface area (Å²) in [7, 11) is 0. The fraction of sp³-hybridized carbons (Fsp3) is 0.710. The largest absolute Gasteiger partial charge is 0.300 e. The number of hydrogen-bond acceptors (Lipinski definition) is 3. The van der Waals surface area contributed by atoms with Crippen molar-refractivity contribution in [1.29, 1.82) is 0 Å². The van der Waals surface area contributed by atoms with Gasteiger partial charge < -0.3 is 0 Å². The first kappa shape index (κ1) is 30.3. The third kappa shape index (κ3) is 7.89. The highest BCUT2D eigenvalue weighted by atomic mass is 16.1. The number of rotatable bonds is 11. The molecule has 0 aromatic heterocycles. The minimum Gasteiger partial charge on any atom is -0.300 e. The summed E-state index contributed by atoms with van der Waals surface area (Å²) in [5.74, 6) is 1.15. The molecular formula is C31H50O3. The summed E-state index contributed by atoms with van der Waals surface area (Å²) in [6, 6.07) is 2.32. The van der Waals surface area contributed by atoms with E-state index in [1.165, 1.54) is 35.6 Å². The molecule has 1 aromatic carbocycles. The number of Topliss-reactive ketones (excluding diaryl/α,β-unsaturated/α-hetero) is 3. The molecule has 0 bridgehead atoms. The molecule has 1 aromatic rings. The van der Waals surface area contributed by atoms with E-state index in [0.29, 0.717) is 12.3 Å². The first-order chi connectivity index (χ1) is 16.1. The Balaban J connectivity index is 0.00000182. The van der Waals surface area contributed by atoms with Crippen molar-refractivity contribution in [2.75, 3.05) is 0 Å². The van der Waals surface area contributed by atoms with Crippen LogP contribution in [0.4, 0.5) is 0 Å². The molecule has 0 saturated carbocycles. The number of hydrogen-bond donors (Lipinski definition) is 0. The van der Waals surface area contributed by atoms with E-state index in [9.17, 15) is 14.4 Å². The van der Waals surface area contributed by atoms with Crippen LogP contribution in [0.3, 0.4) is 0 Å². The molecule has 0 amide bonds. The van der Waals surface area contributed by atoms with Crippen molar-refractivity contribution in [2.45, 2.75) is 126 Å². The number of benzene rings is 1. The van der Waals surface area contributed by atoms with E-state index in [-0.39, 0.29) is 41.5 Å². The van der Waals surface area contributed by atoms with Crippen LogP contribution in [0.15, 0.2) is 6.07 Å². The fourth-order valence-electron chi connectivity index (χ4n) is 5.77. The molecular weight excluding hydrogens is 420 g/mol. The van der Waals surface area contributed by atoms with Crippen molar-refractivity contribution in [2.24, 2.45) is 17.8 Å². The SMILES string of the molecule is CCC.CCCC(CC1CC(=O)c2c(C)c(CC)cc(C(C)C)c2C1)C(CC)C(=O)CC(C)=O. The van der Waals surface area contributed by atoms with Crippen molar-refractivity contribution in [3.63, 3.8) is 0 Å². The molecule has 1 aliphatic rings. The Morgan fingerprint density at radius 1 is 1.06 bits per heavy atom. The van der Waals surface area contributed by atoms with Gasteiger partial charge in [-0.3, -0.25) is 14.4 Å². The van der Waals surface area contributed by atoms with Gasteiger partial charge in [-0.1, -0.05) is 73.8 Å². The van der Waals surface area contributed by atoms with E-state index in [0.717, 1.165) is 44.1 Å². The zero-order valence-electron chi connectivity index (χ0n) is 23.5. The van der Waals surface area contributed by atoms with E-state index in [1.807, 2.05) is 0 Å². The van der Waals surface area contributed by atoms with Crippen LogP contribution in [0.5, 0.6) is 0 Å². The number of carbonyl (C=O) groups is 3. The van der Waals surface area contributed by atoms with Crippen LogP contribution in [-0.4, -0.2) is 17.3 Å². The van der Waals surface area contributed by atoms with Gasteiger partial charge in [-0.15, -0.1) is 0 Å². The van der Waals surface area contributed by atoms with Gasteiger partial charge in [0.2, 0.25) is 0 Å². The number of ketones is 3. The van der Waals surface area contributed by atoms with E-state index >= 15 is 0 Å². The zero-order chi connectivity index (χ0) is 26.0. The smallest absolute Gasteiger partial charge is 0.163 e. The maximum Gasteiger partial charge on any atom is 0.163 e. The lowest BCUT2D eigenvalue weighted by atomic mass is 9.70. The average molecular weight is 471 g/mol. The van der Waals surface area contributed by atoms with Crippen molar-refractivity contribution < 1.29 is 14.4 Å². The summed E-state index contributed by atoms with van der Waals surface area (Å²) in [6.07, 6.45) is 7.41. The van der Waals surface area contributed by atoms with Crippen LogP contribution >= 0.6 is 0 Å². The molecule has 3 nitrogen and oxygen atoms in total. The Hall–Kier alpha value is -1.77. The molecule has 3 heteroatoms. The lowest BCUT2D eigenvalue weighted by Crippen LogP contribution is -2.30. The van der Waals surface area contributed by atoms with Gasteiger partial charge in [-0.25, -0.2) is 0 Å². The molecule has 0 heterocycles. The van der Waals surface area contributed by atoms with Gasteiger partial charge in [0.25, 0.3) is 0 Å². The zero-order valence-corrected chi connectivity index (χ0v) is 23.5. The van der Waals surface area contributed by atoms with Crippen molar-refractivity contribution in [3.05, 3.63) is 33.9 Å². The third-order valence-corrected chi connectivity index (χ3v) is 7.23. The molecule has 34 heavy (non-hydrogen) atoms. The van der Waals surface area contributed by atoms with Crippen LogP contribution < -0.4 is 0 Å². The average Bonchev–Trinajstić information content (AvgIpc) is 2.74. The fourth-order valence-corrected chi connectivity index (χ4v) is 5.77. The molecule has 0 saturated heterocycles. The second-order valence-electron chi connectivity index (χ2n) is 10.7. The number of carbonyl (C=O) groups excluding carboxylic acids is 3. The molecule has 0 aliphatic heterocycles. The van der Waals surface area contributed by atoms with Crippen LogP contribution in [-0.2, 0) is 22.4 Å². The highest BCUT2D eigenvalue weighted by Gasteiger charge is 2.34. The van der Waals surface area contributed by atoms with Crippen LogP contribution in [0, 0.1) is 24.7 Å². The molecule has 0 fully saturated rings. The lowest BCUT2D eigenvalue weighted by Gasteiger charge is -2.33. The van der Waals surface area contributed by atoms with Gasteiger partial charge in [0.1, 0.15) is 11.6 Å². The molecule has 3 unspecified atom stereocenters. The summed E-state index contributed by atoms with van der Waals surface area (Å²) in [4.78, 5) is 37.6. The Labute approximate surface area is 209 Å². The predicted octanol–water partition coefficient (Wildman–Crippen LogP) is 8.22. The van der Waals surface area contributed by atoms with Gasteiger partial charge in [-0.2, -0.15) is 0 Å². The molecule has 1 aliphatic carbocycles. The van der Waals surface area contributed by atoms with Gasteiger partial charge >= 0.3 is 0 Å². The molecule has 0 radical (unpaired) electrons. The minimum absolute atomic E-state index is 0.0433. The third-order valence-electron chi connectivity index (χ3n) is 7.23. The summed E-state index contributed by atoms with van der Waals surface area (Å²) < 4.78 is 0. The second kappa shape index (κ2) is 14.6. The van der Waals surface area contributed by atoms with Crippen molar-refractivity contribution in [3.8, 4) is 0 Å². The molecule has 192 valence electrons. The van der Waals surface area contributed by atoms with Crippen molar-refractivity contribution >= 4 is 17.3 Å². The van der Waals surface area contributed by atoms with Gasteiger partial charge in [0.15, 0.2) is 5.78 Å². The predicted molar refractivity (Wildman–Crippen MR) is 144 cm³/mol. The first-order valence-electron chi connectivity index (χ1n) is 13.8. The Bertz CT molecular complexity index is 834. The first-order valence-corrected chi connectivity index (χ1v) is 13.8.